The standard InChI is InChI=1S/C14H29N3O4/c1-5-11(18)17-10(12(15)19)8-6-7-9-16-13(20)21-14(2,3)4/h10,12,19H,5-9,15H2,1-4H3,(H,16,20)(H,17,18)/t10?,12-/m0/s1. The summed E-state index contributed by atoms with van der Waals surface area (Å²) in [6.45, 7) is 7.62. The highest BCUT2D eigenvalue weighted by Gasteiger charge is 2.17. The van der Waals surface area contributed by atoms with Crippen molar-refractivity contribution in [1.82, 2.24) is 10.6 Å². The average molecular weight is 303 g/mol. The second kappa shape index (κ2) is 9.57. The predicted molar refractivity (Wildman–Crippen MR) is 80.5 cm³/mol. The maximum atomic E-state index is 11.4. The number of carbonyl (C=O) groups is 2. The highest BCUT2D eigenvalue weighted by atomic mass is 16.6. The molecule has 0 aromatic rings. The first kappa shape index (κ1) is 19.7. The molecule has 0 aromatic carbocycles. The summed E-state index contributed by atoms with van der Waals surface area (Å²) in [7, 11) is 0. The van der Waals surface area contributed by atoms with Crippen LogP contribution in [-0.4, -0.2) is 41.5 Å². The van der Waals surface area contributed by atoms with Crippen LogP contribution < -0.4 is 16.4 Å². The van der Waals surface area contributed by atoms with Crippen molar-refractivity contribution in [3.8, 4) is 0 Å². The number of nitrogens with one attached hydrogen (secondary N) is 2. The van der Waals surface area contributed by atoms with E-state index in [-0.39, 0.29) is 5.91 Å². The maximum Gasteiger partial charge on any atom is 0.407 e. The Morgan fingerprint density at radius 2 is 1.90 bits per heavy atom. The molecule has 0 aromatic heterocycles. The Labute approximate surface area is 126 Å². The summed E-state index contributed by atoms with van der Waals surface area (Å²) in [5.41, 5.74) is 4.91. The van der Waals surface area contributed by atoms with Gasteiger partial charge in [0.1, 0.15) is 11.8 Å². The van der Waals surface area contributed by atoms with Gasteiger partial charge in [-0.05, 0) is 40.0 Å². The van der Waals surface area contributed by atoms with Crippen molar-refractivity contribution in [3.05, 3.63) is 0 Å². The van der Waals surface area contributed by atoms with Crippen LogP contribution in [0.5, 0.6) is 0 Å². The number of nitrogens with two attached hydrogens (primary N) is 1. The summed E-state index contributed by atoms with van der Waals surface area (Å²) in [6, 6.07) is -0.459. The molecule has 0 heterocycles. The van der Waals surface area contributed by atoms with Crippen LogP contribution in [-0.2, 0) is 9.53 Å². The molecule has 0 aliphatic rings. The lowest BCUT2D eigenvalue weighted by Gasteiger charge is -2.21. The first-order valence-corrected chi connectivity index (χ1v) is 7.35. The van der Waals surface area contributed by atoms with Gasteiger partial charge in [0.15, 0.2) is 0 Å². The van der Waals surface area contributed by atoms with Crippen molar-refractivity contribution >= 4 is 12.0 Å². The number of carbonyl (C=O) groups excluding carboxylic acids is 2. The van der Waals surface area contributed by atoms with Gasteiger partial charge >= 0.3 is 6.09 Å². The van der Waals surface area contributed by atoms with Gasteiger partial charge in [-0.15, -0.1) is 0 Å². The van der Waals surface area contributed by atoms with Crippen molar-refractivity contribution in [3.63, 3.8) is 0 Å². The minimum absolute atomic E-state index is 0.142. The Morgan fingerprint density at radius 3 is 2.38 bits per heavy atom. The number of hydrogen-bond acceptors (Lipinski definition) is 5. The molecule has 124 valence electrons. The van der Waals surface area contributed by atoms with E-state index in [0.29, 0.717) is 25.8 Å². The Kier molecular flexibility index (Phi) is 8.96. The molecule has 7 heteroatoms. The van der Waals surface area contributed by atoms with Gasteiger partial charge in [-0.25, -0.2) is 4.79 Å². The van der Waals surface area contributed by atoms with Crippen molar-refractivity contribution in [2.75, 3.05) is 6.54 Å². The van der Waals surface area contributed by atoms with Gasteiger partial charge < -0.3 is 26.2 Å². The van der Waals surface area contributed by atoms with E-state index in [1.807, 2.05) is 0 Å². The predicted octanol–water partition coefficient (Wildman–Crippen LogP) is 0.853. The van der Waals surface area contributed by atoms with Crippen LogP contribution >= 0.6 is 0 Å². The lowest BCUT2D eigenvalue weighted by molar-refractivity contribution is -0.122. The molecule has 0 saturated carbocycles. The zero-order chi connectivity index (χ0) is 16.5. The molecule has 0 aliphatic carbocycles. The van der Waals surface area contributed by atoms with Crippen LogP contribution in [0.1, 0.15) is 53.4 Å². The normalized spacial score (nSPS) is 14.2. The van der Waals surface area contributed by atoms with E-state index in [9.17, 15) is 14.7 Å². The molecule has 2 amide bonds. The van der Waals surface area contributed by atoms with Crippen molar-refractivity contribution in [2.45, 2.75) is 71.2 Å². The summed E-state index contributed by atoms with van der Waals surface area (Å²) in [5.74, 6) is -0.142. The van der Waals surface area contributed by atoms with Gasteiger partial charge in [0.2, 0.25) is 5.91 Å². The Balaban J connectivity index is 3.86. The van der Waals surface area contributed by atoms with E-state index in [2.05, 4.69) is 10.6 Å². The van der Waals surface area contributed by atoms with Crippen LogP contribution in [0.15, 0.2) is 0 Å². The average Bonchev–Trinajstić information content (AvgIpc) is 2.34. The maximum absolute atomic E-state index is 11.4. The topological polar surface area (TPSA) is 114 Å². The summed E-state index contributed by atoms with van der Waals surface area (Å²) in [4.78, 5) is 22.7. The minimum atomic E-state index is -1.08. The molecule has 0 saturated heterocycles. The van der Waals surface area contributed by atoms with Crippen LogP contribution in [0.4, 0.5) is 4.79 Å². The van der Waals surface area contributed by atoms with Gasteiger partial charge in [-0.2, -0.15) is 0 Å². The number of aliphatic hydroxyl groups is 1. The van der Waals surface area contributed by atoms with E-state index in [4.69, 9.17) is 10.5 Å². The van der Waals surface area contributed by atoms with Gasteiger partial charge in [-0.1, -0.05) is 6.92 Å². The second-order valence-electron chi connectivity index (χ2n) is 5.94. The van der Waals surface area contributed by atoms with Gasteiger partial charge in [0.05, 0.1) is 6.04 Å². The van der Waals surface area contributed by atoms with Crippen LogP contribution in [0.25, 0.3) is 0 Å². The fourth-order valence-electron chi connectivity index (χ4n) is 1.63. The SMILES string of the molecule is CCC(=O)NC(CCCCNC(=O)OC(C)(C)C)[C@@H](N)O. The molecule has 0 bridgehead atoms. The number of hydrogen-bond donors (Lipinski definition) is 4. The molecule has 7 nitrogen and oxygen atoms in total. The molecule has 0 aliphatic heterocycles. The largest absolute Gasteiger partial charge is 0.444 e. The number of ether oxygens (including phenoxy) is 1. The smallest absolute Gasteiger partial charge is 0.407 e. The summed E-state index contributed by atoms with van der Waals surface area (Å²) < 4.78 is 5.10. The van der Waals surface area contributed by atoms with E-state index >= 15 is 0 Å². The molecule has 0 spiro atoms. The third kappa shape index (κ3) is 11.0. The Bertz CT molecular complexity index is 327. The Hall–Kier alpha value is -1.34. The van der Waals surface area contributed by atoms with Gasteiger partial charge in [-0.3, -0.25) is 4.79 Å². The summed E-state index contributed by atoms with van der Waals surface area (Å²) in [5, 5.41) is 14.7. The molecule has 21 heavy (non-hydrogen) atoms. The fraction of sp³-hybridized carbons (Fsp3) is 0.857. The summed E-state index contributed by atoms with van der Waals surface area (Å²) >= 11 is 0. The molecular weight excluding hydrogens is 274 g/mol. The van der Waals surface area contributed by atoms with E-state index < -0.39 is 24.0 Å². The quantitative estimate of drug-likeness (QED) is 0.392. The van der Waals surface area contributed by atoms with Crippen LogP contribution in [0.2, 0.25) is 0 Å². The molecule has 0 rings (SSSR count). The number of amides is 2. The second-order valence-corrected chi connectivity index (χ2v) is 5.94. The zero-order valence-electron chi connectivity index (χ0n) is 13.4. The van der Waals surface area contributed by atoms with Crippen LogP contribution in [0.3, 0.4) is 0 Å². The lowest BCUT2D eigenvalue weighted by Crippen LogP contribution is -2.47. The molecular formula is C14H29N3O4. The van der Waals surface area contributed by atoms with E-state index in [0.717, 1.165) is 6.42 Å². The van der Waals surface area contributed by atoms with Gasteiger partial charge in [0, 0.05) is 13.0 Å². The lowest BCUT2D eigenvalue weighted by atomic mass is 10.1. The molecule has 0 fully saturated rings. The summed E-state index contributed by atoms with van der Waals surface area (Å²) in [6.07, 6.45) is 0.808. The fourth-order valence-corrected chi connectivity index (χ4v) is 1.63. The zero-order valence-corrected chi connectivity index (χ0v) is 13.4. The van der Waals surface area contributed by atoms with Crippen LogP contribution in [0, 0.1) is 0 Å². The van der Waals surface area contributed by atoms with Crippen molar-refractivity contribution in [1.29, 1.82) is 0 Å². The third-order valence-electron chi connectivity index (χ3n) is 2.69. The monoisotopic (exact) mass is 303 g/mol. The third-order valence-corrected chi connectivity index (χ3v) is 2.69. The van der Waals surface area contributed by atoms with Crippen molar-refractivity contribution < 1.29 is 19.4 Å². The first-order chi connectivity index (χ1) is 9.65. The number of aliphatic hydroxyl groups excluding tert-OH is 1. The van der Waals surface area contributed by atoms with E-state index in [1.165, 1.54) is 0 Å². The highest BCUT2D eigenvalue weighted by Crippen LogP contribution is 2.07. The highest BCUT2D eigenvalue weighted by molar-refractivity contribution is 5.75. The van der Waals surface area contributed by atoms with Gasteiger partial charge in [0.25, 0.3) is 0 Å². The molecule has 1 unspecified atom stereocenters. The number of alkyl carbamates (subject to hydrolysis) is 1. The molecule has 0 radical (unpaired) electrons. The molecule has 5 N–H and O–H groups in total. The molecule has 2 atom stereocenters. The van der Waals surface area contributed by atoms with Crippen molar-refractivity contribution in [2.24, 2.45) is 5.73 Å². The minimum Gasteiger partial charge on any atom is -0.444 e. The first-order valence-electron chi connectivity index (χ1n) is 7.35. The van der Waals surface area contributed by atoms with E-state index in [1.54, 1.807) is 27.7 Å². The number of rotatable bonds is 8. The Morgan fingerprint density at radius 1 is 1.29 bits per heavy atom. The number of unbranched alkanes of at least 4 members (excludes halogenated alkanes) is 1.